The Bertz CT molecular complexity index is 1090. The van der Waals surface area contributed by atoms with E-state index in [1.807, 2.05) is 20.8 Å². The lowest BCUT2D eigenvalue weighted by Crippen LogP contribution is -2.53. The summed E-state index contributed by atoms with van der Waals surface area (Å²) < 4.78 is 33.6. The second kappa shape index (κ2) is 8.46. The predicted molar refractivity (Wildman–Crippen MR) is 121 cm³/mol. The molecule has 8 nitrogen and oxygen atoms in total. The van der Waals surface area contributed by atoms with E-state index in [1.54, 1.807) is 38.2 Å². The van der Waals surface area contributed by atoms with Crippen molar-refractivity contribution in [1.29, 1.82) is 0 Å². The molecule has 0 radical (unpaired) electrons. The lowest BCUT2D eigenvalue weighted by Gasteiger charge is -2.42. The van der Waals surface area contributed by atoms with Crippen LogP contribution in [-0.2, 0) is 10.0 Å². The monoisotopic (exact) mass is 461 g/mol. The van der Waals surface area contributed by atoms with Crippen molar-refractivity contribution in [2.45, 2.75) is 57.3 Å². The first-order valence-electron chi connectivity index (χ1n) is 10.4. The molecular weight excluding hydrogens is 430 g/mol. The number of rotatable bonds is 5. The number of benzene rings is 1. The quantitative estimate of drug-likeness (QED) is 0.709. The van der Waals surface area contributed by atoms with Crippen molar-refractivity contribution in [2.75, 3.05) is 13.6 Å². The van der Waals surface area contributed by atoms with Crippen LogP contribution in [0.1, 0.15) is 56.6 Å². The molecule has 2 unspecified atom stereocenters. The highest BCUT2D eigenvalue weighted by atomic mass is 32.2. The van der Waals surface area contributed by atoms with Crippen LogP contribution in [0.3, 0.4) is 0 Å². The minimum Gasteiger partial charge on any atom is -0.485 e. The highest BCUT2D eigenvalue weighted by molar-refractivity contribution is 7.89. The minimum absolute atomic E-state index is 0.0686. The molecule has 9 heteroatoms. The van der Waals surface area contributed by atoms with Crippen LogP contribution < -0.4 is 10.1 Å². The van der Waals surface area contributed by atoms with Gasteiger partial charge in [-0.05, 0) is 49.6 Å². The number of nitrogens with one attached hydrogen (secondary N) is 1. The van der Waals surface area contributed by atoms with Gasteiger partial charge in [-0.15, -0.1) is 0 Å². The third-order valence-corrected chi connectivity index (χ3v) is 7.13. The van der Waals surface area contributed by atoms with Gasteiger partial charge in [-0.25, -0.2) is 12.7 Å². The molecule has 1 aliphatic rings. The van der Waals surface area contributed by atoms with Crippen LogP contribution in [0.4, 0.5) is 0 Å². The standard InChI is InChI=1S/C23H31N3O5S/c1-22(2,3)14-26(6)32(29,30)16-9-10-18-17(12-16)19(20(27)23(4,5)31-18)25-21(28)15-8-7-11-24-13-15/h7-13,19-20,27H,14H2,1-6H3,(H,25,28). The lowest BCUT2D eigenvalue weighted by molar-refractivity contribution is -0.0628. The largest absolute Gasteiger partial charge is 0.485 e. The maximum absolute atomic E-state index is 13.2. The van der Waals surface area contributed by atoms with Crippen LogP contribution in [0.15, 0.2) is 47.6 Å². The van der Waals surface area contributed by atoms with E-state index in [0.717, 1.165) is 0 Å². The van der Waals surface area contributed by atoms with Crippen LogP contribution in [0.2, 0.25) is 0 Å². The second-order valence-corrected chi connectivity index (χ2v) is 11.9. The number of ether oxygens (including phenoxy) is 1. The number of sulfonamides is 1. The molecule has 2 atom stereocenters. The van der Waals surface area contributed by atoms with Crippen molar-refractivity contribution in [3.8, 4) is 5.75 Å². The molecule has 3 rings (SSSR count). The predicted octanol–water partition coefficient (Wildman–Crippen LogP) is 2.75. The molecule has 0 spiro atoms. The van der Waals surface area contributed by atoms with Gasteiger partial charge in [-0.1, -0.05) is 20.8 Å². The number of hydrogen-bond acceptors (Lipinski definition) is 6. The molecule has 0 bridgehead atoms. The normalized spacial score (nSPS) is 20.4. The fourth-order valence-corrected chi connectivity index (χ4v) is 5.18. The molecule has 1 aliphatic heterocycles. The molecule has 2 aromatic rings. The SMILES string of the molecule is CN(CC(C)(C)C)S(=O)(=O)c1ccc2c(c1)C(NC(=O)c1cccnc1)C(O)C(C)(C)O2. The molecule has 2 heterocycles. The number of pyridine rings is 1. The van der Waals surface area contributed by atoms with E-state index >= 15 is 0 Å². The Morgan fingerprint density at radius 2 is 1.97 bits per heavy atom. The van der Waals surface area contributed by atoms with Gasteiger partial charge in [-0.2, -0.15) is 0 Å². The summed E-state index contributed by atoms with van der Waals surface area (Å²) >= 11 is 0. The van der Waals surface area contributed by atoms with E-state index in [0.29, 0.717) is 23.4 Å². The Balaban J connectivity index is 2.01. The summed E-state index contributed by atoms with van der Waals surface area (Å²) in [5.74, 6) is -0.0156. The van der Waals surface area contributed by atoms with Crippen LogP contribution in [-0.4, -0.2) is 54.0 Å². The Labute approximate surface area is 189 Å². The fraction of sp³-hybridized carbons (Fsp3) is 0.478. The van der Waals surface area contributed by atoms with E-state index in [9.17, 15) is 18.3 Å². The van der Waals surface area contributed by atoms with E-state index in [1.165, 1.54) is 29.7 Å². The van der Waals surface area contributed by atoms with Crippen LogP contribution in [0.25, 0.3) is 0 Å². The second-order valence-electron chi connectivity index (χ2n) is 9.86. The summed E-state index contributed by atoms with van der Waals surface area (Å²) in [6, 6.07) is 6.91. The van der Waals surface area contributed by atoms with E-state index in [-0.39, 0.29) is 10.3 Å². The van der Waals surface area contributed by atoms with E-state index in [2.05, 4.69) is 10.3 Å². The highest BCUT2D eigenvalue weighted by Gasteiger charge is 2.44. The third kappa shape index (κ3) is 4.95. The molecular formula is C23H31N3O5S. The van der Waals surface area contributed by atoms with Crippen molar-refractivity contribution in [2.24, 2.45) is 5.41 Å². The number of carbonyl (C=O) groups excluding carboxylic acids is 1. The number of amides is 1. The highest BCUT2D eigenvalue weighted by Crippen LogP contribution is 2.41. The van der Waals surface area contributed by atoms with Gasteiger partial charge < -0.3 is 15.2 Å². The van der Waals surface area contributed by atoms with Gasteiger partial charge >= 0.3 is 0 Å². The number of aromatic nitrogens is 1. The van der Waals surface area contributed by atoms with Gasteiger partial charge in [0.25, 0.3) is 5.91 Å². The van der Waals surface area contributed by atoms with Crippen LogP contribution >= 0.6 is 0 Å². The molecule has 0 fully saturated rings. The molecule has 0 aliphatic carbocycles. The first-order chi connectivity index (χ1) is 14.7. The van der Waals surface area contributed by atoms with Crippen LogP contribution in [0.5, 0.6) is 5.75 Å². The molecule has 32 heavy (non-hydrogen) atoms. The van der Waals surface area contributed by atoms with Gasteiger partial charge in [0.15, 0.2) is 0 Å². The third-order valence-electron chi connectivity index (χ3n) is 5.33. The average Bonchev–Trinajstić information content (AvgIpc) is 2.70. The van der Waals surface area contributed by atoms with Gasteiger partial charge in [0.1, 0.15) is 17.5 Å². The van der Waals surface area contributed by atoms with Gasteiger partial charge in [-0.3, -0.25) is 9.78 Å². The maximum atomic E-state index is 13.2. The van der Waals surface area contributed by atoms with Gasteiger partial charge in [0.05, 0.1) is 16.5 Å². The number of aliphatic hydroxyl groups is 1. The summed E-state index contributed by atoms with van der Waals surface area (Å²) in [5, 5.41) is 13.8. The van der Waals surface area contributed by atoms with Crippen LogP contribution in [0, 0.1) is 5.41 Å². The average molecular weight is 462 g/mol. The van der Waals surface area contributed by atoms with Crippen molar-refractivity contribution >= 4 is 15.9 Å². The summed E-state index contributed by atoms with van der Waals surface area (Å²) in [6.07, 6.45) is 1.87. The zero-order valence-corrected chi connectivity index (χ0v) is 20.1. The number of nitrogens with zero attached hydrogens (tertiary/aromatic N) is 2. The fourth-order valence-electron chi connectivity index (χ4n) is 3.75. The number of fused-ring (bicyclic) bond motifs is 1. The zero-order valence-electron chi connectivity index (χ0n) is 19.3. The summed E-state index contributed by atoms with van der Waals surface area (Å²) in [7, 11) is -2.24. The molecule has 1 aromatic heterocycles. The summed E-state index contributed by atoms with van der Waals surface area (Å²) in [6.45, 7) is 9.64. The molecule has 1 aromatic carbocycles. The van der Waals surface area contributed by atoms with Crippen molar-refractivity contribution in [1.82, 2.24) is 14.6 Å². The first kappa shape index (κ1) is 24.2. The number of aliphatic hydroxyl groups excluding tert-OH is 1. The van der Waals surface area contributed by atoms with Crippen molar-refractivity contribution in [3.05, 3.63) is 53.9 Å². The Morgan fingerprint density at radius 3 is 2.56 bits per heavy atom. The summed E-state index contributed by atoms with van der Waals surface area (Å²) in [4.78, 5) is 16.8. The topological polar surface area (TPSA) is 109 Å². The Morgan fingerprint density at radius 1 is 1.28 bits per heavy atom. The van der Waals surface area contributed by atoms with Crippen molar-refractivity contribution in [3.63, 3.8) is 0 Å². The van der Waals surface area contributed by atoms with Gasteiger partial charge in [0.2, 0.25) is 10.0 Å². The number of carbonyl (C=O) groups is 1. The first-order valence-corrected chi connectivity index (χ1v) is 11.8. The number of hydrogen-bond donors (Lipinski definition) is 2. The van der Waals surface area contributed by atoms with Crippen molar-refractivity contribution < 1.29 is 23.1 Å². The smallest absolute Gasteiger partial charge is 0.253 e. The lowest BCUT2D eigenvalue weighted by atomic mass is 9.86. The molecule has 1 amide bonds. The minimum atomic E-state index is -3.78. The summed E-state index contributed by atoms with van der Waals surface area (Å²) in [5.41, 5.74) is -0.485. The van der Waals surface area contributed by atoms with Gasteiger partial charge in [0, 0.05) is 31.5 Å². The molecule has 0 saturated heterocycles. The molecule has 0 saturated carbocycles. The van der Waals surface area contributed by atoms with E-state index < -0.39 is 33.7 Å². The maximum Gasteiger partial charge on any atom is 0.253 e. The molecule has 2 N–H and O–H groups in total. The molecule has 174 valence electrons. The Kier molecular flexibility index (Phi) is 6.38. The Hall–Kier alpha value is -2.49. The zero-order chi connectivity index (χ0) is 23.9. The van der Waals surface area contributed by atoms with E-state index in [4.69, 9.17) is 4.74 Å².